The molecule has 132 valence electrons. The van der Waals surface area contributed by atoms with Crippen molar-refractivity contribution in [3.05, 3.63) is 48.2 Å². The Labute approximate surface area is 147 Å². The Morgan fingerprint density at radius 2 is 2.12 bits per heavy atom. The number of carbonyl (C=O) groups is 1. The van der Waals surface area contributed by atoms with E-state index in [0.717, 1.165) is 12.0 Å². The lowest BCUT2D eigenvalue weighted by Crippen LogP contribution is -2.34. The Morgan fingerprint density at radius 3 is 2.88 bits per heavy atom. The highest BCUT2D eigenvalue weighted by Gasteiger charge is 2.28. The molecule has 6 heteroatoms. The van der Waals surface area contributed by atoms with E-state index in [0.29, 0.717) is 30.5 Å². The monoisotopic (exact) mass is 342 g/mol. The van der Waals surface area contributed by atoms with Gasteiger partial charge >= 0.3 is 0 Å². The van der Waals surface area contributed by atoms with Crippen molar-refractivity contribution >= 4 is 5.91 Å². The Kier molecular flexibility index (Phi) is 5.38. The Balaban J connectivity index is 1.47. The summed E-state index contributed by atoms with van der Waals surface area (Å²) in [5.74, 6) is 1.86. The number of rotatable bonds is 6. The summed E-state index contributed by atoms with van der Waals surface area (Å²) in [6.07, 6.45) is 2.53. The van der Waals surface area contributed by atoms with Gasteiger partial charge in [0.25, 0.3) is 5.91 Å². The summed E-state index contributed by atoms with van der Waals surface area (Å²) in [6, 6.07) is 11.0. The second-order valence-electron chi connectivity index (χ2n) is 6.01. The first-order valence-corrected chi connectivity index (χ1v) is 8.28. The molecule has 0 N–H and O–H groups in total. The van der Waals surface area contributed by atoms with E-state index in [4.69, 9.17) is 14.2 Å². The molecule has 25 heavy (non-hydrogen) atoms. The van der Waals surface area contributed by atoms with Gasteiger partial charge in [0.1, 0.15) is 17.6 Å². The molecule has 3 rings (SSSR count). The third-order valence-electron chi connectivity index (χ3n) is 4.07. The minimum atomic E-state index is -0.0502. The first-order valence-electron chi connectivity index (χ1n) is 8.28. The van der Waals surface area contributed by atoms with E-state index in [1.54, 1.807) is 30.3 Å². The average molecular weight is 342 g/mol. The molecular weight excluding hydrogens is 320 g/mol. The van der Waals surface area contributed by atoms with Crippen LogP contribution in [0.1, 0.15) is 12.0 Å². The molecule has 1 saturated heterocycles. The van der Waals surface area contributed by atoms with Crippen LogP contribution in [0.15, 0.2) is 42.6 Å². The maximum Gasteiger partial charge on any atom is 0.260 e. The molecule has 1 aliphatic heterocycles. The number of likely N-dealkylation sites (tertiary alicyclic amines) is 1. The molecule has 1 atom stereocenters. The fourth-order valence-electron chi connectivity index (χ4n) is 2.67. The quantitative estimate of drug-likeness (QED) is 0.807. The normalized spacial score (nSPS) is 16.6. The fourth-order valence-corrected chi connectivity index (χ4v) is 2.67. The molecule has 1 aromatic heterocycles. The summed E-state index contributed by atoms with van der Waals surface area (Å²) in [6.45, 7) is 3.20. The number of benzene rings is 1. The van der Waals surface area contributed by atoms with Gasteiger partial charge in [0.2, 0.25) is 5.88 Å². The standard InChI is InChI=1S/C19H22N2O4/c1-14-6-7-18(20-11-14)25-17-8-9-21(12-17)19(22)13-24-16-5-3-4-15(10-16)23-2/h3-7,10-11,17H,8-9,12-13H2,1-2H3/t17-/m0/s1. The summed E-state index contributed by atoms with van der Waals surface area (Å²) in [5.41, 5.74) is 1.09. The fraction of sp³-hybridized carbons (Fsp3) is 0.368. The number of pyridine rings is 1. The van der Waals surface area contributed by atoms with Crippen LogP contribution in [0.3, 0.4) is 0 Å². The van der Waals surface area contributed by atoms with Crippen molar-refractivity contribution < 1.29 is 19.0 Å². The molecule has 1 fully saturated rings. The van der Waals surface area contributed by atoms with Gasteiger partial charge in [0.15, 0.2) is 6.61 Å². The van der Waals surface area contributed by atoms with Crippen molar-refractivity contribution in [3.63, 3.8) is 0 Å². The van der Waals surface area contributed by atoms with Crippen molar-refractivity contribution in [1.29, 1.82) is 0 Å². The van der Waals surface area contributed by atoms with Crippen LogP contribution in [-0.4, -0.2) is 48.7 Å². The number of hydrogen-bond acceptors (Lipinski definition) is 5. The summed E-state index contributed by atoms with van der Waals surface area (Å²) in [4.78, 5) is 18.3. The molecule has 6 nitrogen and oxygen atoms in total. The minimum Gasteiger partial charge on any atom is -0.497 e. The van der Waals surface area contributed by atoms with Crippen LogP contribution in [0.5, 0.6) is 17.4 Å². The van der Waals surface area contributed by atoms with E-state index in [1.165, 1.54) is 0 Å². The number of aromatic nitrogens is 1. The lowest BCUT2D eigenvalue weighted by Gasteiger charge is -2.17. The number of carbonyl (C=O) groups excluding carboxylic acids is 1. The SMILES string of the molecule is COc1cccc(OCC(=O)N2CC[C@H](Oc3ccc(C)cn3)C2)c1. The van der Waals surface area contributed by atoms with Gasteiger partial charge in [-0.2, -0.15) is 0 Å². The molecule has 1 amide bonds. The molecule has 0 saturated carbocycles. The van der Waals surface area contributed by atoms with Gasteiger partial charge in [-0.1, -0.05) is 12.1 Å². The van der Waals surface area contributed by atoms with Gasteiger partial charge < -0.3 is 19.1 Å². The van der Waals surface area contributed by atoms with E-state index in [9.17, 15) is 4.79 Å². The third-order valence-corrected chi connectivity index (χ3v) is 4.07. The highest BCUT2D eigenvalue weighted by Crippen LogP contribution is 2.20. The summed E-state index contributed by atoms with van der Waals surface area (Å²) in [7, 11) is 1.59. The Morgan fingerprint density at radius 1 is 1.28 bits per heavy atom. The zero-order valence-corrected chi connectivity index (χ0v) is 14.5. The predicted octanol–water partition coefficient (Wildman–Crippen LogP) is 2.46. The van der Waals surface area contributed by atoms with E-state index >= 15 is 0 Å². The van der Waals surface area contributed by atoms with Gasteiger partial charge in [0, 0.05) is 31.3 Å². The number of nitrogens with zero attached hydrogens (tertiary/aromatic N) is 2. The second-order valence-corrected chi connectivity index (χ2v) is 6.01. The van der Waals surface area contributed by atoms with Gasteiger partial charge in [-0.3, -0.25) is 4.79 Å². The number of amides is 1. The molecule has 2 aromatic rings. The average Bonchev–Trinajstić information content (AvgIpc) is 3.10. The second kappa shape index (κ2) is 7.88. The van der Waals surface area contributed by atoms with Crippen LogP contribution in [0.4, 0.5) is 0 Å². The van der Waals surface area contributed by atoms with Crippen molar-refractivity contribution in [1.82, 2.24) is 9.88 Å². The molecular formula is C19H22N2O4. The molecule has 1 aliphatic rings. The molecule has 0 unspecified atom stereocenters. The molecule has 0 radical (unpaired) electrons. The van der Waals surface area contributed by atoms with Crippen LogP contribution >= 0.6 is 0 Å². The molecule has 0 bridgehead atoms. The maximum atomic E-state index is 12.3. The zero-order valence-electron chi connectivity index (χ0n) is 14.5. The number of hydrogen-bond donors (Lipinski definition) is 0. The first kappa shape index (κ1) is 17.1. The summed E-state index contributed by atoms with van der Waals surface area (Å²) in [5, 5.41) is 0. The van der Waals surface area contributed by atoms with Crippen LogP contribution in [-0.2, 0) is 4.79 Å². The number of aryl methyl sites for hydroxylation is 1. The largest absolute Gasteiger partial charge is 0.497 e. The van der Waals surface area contributed by atoms with Crippen molar-refractivity contribution in [2.24, 2.45) is 0 Å². The molecule has 0 aliphatic carbocycles. The van der Waals surface area contributed by atoms with Crippen LogP contribution in [0.25, 0.3) is 0 Å². The smallest absolute Gasteiger partial charge is 0.260 e. The highest BCUT2D eigenvalue weighted by molar-refractivity contribution is 5.78. The molecule has 1 aromatic carbocycles. The highest BCUT2D eigenvalue weighted by atomic mass is 16.5. The minimum absolute atomic E-state index is 0.00265. The van der Waals surface area contributed by atoms with Gasteiger partial charge in [-0.05, 0) is 24.6 Å². The number of methoxy groups -OCH3 is 1. The topological polar surface area (TPSA) is 60.9 Å². The van der Waals surface area contributed by atoms with Crippen LogP contribution in [0, 0.1) is 6.92 Å². The van der Waals surface area contributed by atoms with Gasteiger partial charge in [0.05, 0.1) is 13.7 Å². The third kappa shape index (κ3) is 4.62. The van der Waals surface area contributed by atoms with Crippen molar-refractivity contribution in [2.75, 3.05) is 26.8 Å². The lowest BCUT2D eigenvalue weighted by molar-refractivity contribution is -0.132. The van der Waals surface area contributed by atoms with Gasteiger partial charge in [-0.25, -0.2) is 4.98 Å². The molecule has 2 heterocycles. The van der Waals surface area contributed by atoms with Gasteiger partial charge in [-0.15, -0.1) is 0 Å². The number of ether oxygens (including phenoxy) is 3. The molecule has 0 spiro atoms. The summed E-state index contributed by atoms with van der Waals surface area (Å²) >= 11 is 0. The van der Waals surface area contributed by atoms with E-state index in [-0.39, 0.29) is 18.6 Å². The Hall–Kier alpha value is -2.76. The van der Waals surface area contributed by atoms with Crippen molar-refractivity contribution in [3.8, 4) is 17.4 Å². The van der Waals surface area contributed by atoms with Crippen LogP contribution < -0.4 is 14.2 Å². The maximum absolute atomic E-state index is 12.3. The Bertz CT molecular complexity index is 718. The van der Waals surface area contributed by atoms with E-state index in [1.807, 2.05) is 31.2 Å². The predicted molar refractivity (Wildman–Crippen MR) is 93.1 cm³/mol. The van der Waals surface area contributed by atoms with Crippen molar-refractivity contribution in [2.45, 2.75) is 19.4 Å². The van der Waals surface area contributed by atoms with E-state index in [2.05, 4.69) is 4.98 Å². The lowest BCUT2D eigenvalue weighted by atomic mass is 10.3. The first-order chi connectivity index (χ1) is 12.1. The summed E-state index contributed by atoms with van der Waals surface area (Å²) < 4.78 is 16.5. The van der Waals surface area contributed by atoms with Crippen LogP contribution in [0.2, 0.25) is 0 Å². The zero-order chi connectivity index (χ0) is 17.6. The van der Waals surface area contributed by atoms with E-state index < -0.39 is 0 Å².